The fourth-order valence-corrected chi connectivity index (χ4v) is 4.83. The van der Waals surface area contributed by atoms with Crippen molar-refractivity contribution in [3.8, 4) is 11.5 Å². The van der Waals surface area contributed by atoms with Crippen LogP contribution in [-0.4, -0.2) is 73.1 Å². The van der Waals surface area contributed by atoms with Crippen molar-refractivity contribution in [2.75, 3.05) is 33.3 Å². The van der Waals surface area contributed by atoms with Crippen LogP contribution in [0.3, 0.4) is 0 Å². The Morgan fingerprint density at radius 2 is 1.79 bits per heavy atom. The first-order chi connectivity index (χ1) is 14.1. The van der Waals surface area contributed by atoms with Crippen LogP contribution < -0.4 is 14.8 Å². The molecule has 0 aliphatic carbocycles. The molecule has 158 valence electrons. The molecule has 3 fully saturated rings. The van der Waals surface area contributed by atoms with E-state index in [1.54, 1.807) is 20.1 Å². The zero-order valence-electron chi connectivity index (χ0n) is 17.4. The molecule has 0 saturated carbocycles. The zero-order chi connectivity index (χ0) is 20.4. The van der Waals surface area contributed by atoms with Gasteiger partial charge in [0.1, 0.15) is 6.10 Å². The monoisotopic (exact) mass is 401 g/mol. The highest BCUT2D eigenvalue weighted by atomic mass is 16.5. The summed E-state index contributed by atoms with van der Waals surface area (Å²) >= 11 is 0. The third kappa shape index (κ3) is 4.20. The van der Waals surface area contributed by atoms with Gasteiger partial charge in [0.15, 0.2) is 11.5 Å². The molecule has 1 N–H and O–H groups in total. The fraction of sp³-hybridized carbons (Fsp3) is 0.636. The van der Waals surface area contributed by atoms with Crippen molar-refractivity contribution >= 4 is 11.8 Å². The second kappa shape index (κ2) is 8.61. The van der Waals surface area contributed by atoms with E-state index in [9.17, 15) is 9.59 Å². The maximum absolute atomic E-state index is 13.2. The summed E-state index contributed by atoms with van der Waals surface area (Å²) in [6.45, 7) is 4.88. The molecule has 2 atom stereocenters. The summed E-state index contributed by atoms with van der Waals surface area (Å²) in [5, 5.41) is 3.44. The van der Waals surface area contributed by atoms with Crippen molar-refractivity contribution in [2.45, 2.75) is 57.2 Å². The van der Waals surface area contributed by atoms with Gasteiger partial charge in [-0.3, -0.25) is 9.59 Å². The fourth-order valence-electron chi connectivity index (χ4n) is 4.83. The highest BCUT2D eigenvalue weighted by Gasteiger charge is 2.38. The number of fused-ring (bicyclic) bond motifs is 2. The molecule has 0 spiro atoms. The molecule has 3 aliphatic rings. The lowest BCUT2D eigenvalue weighted by Crippen LogP contribution is -2.42. The average molecular weight is 402 g/mol. The van der Waals surface area contributed by atoms with Crippen LogP contribution in [0, 0.1) is 0 Å². The number of likely N-dealkylation sites (tertiary alicyclic amines) is 1. The Balaban J connectivity index is 1.45. The van der Waals surface area contributed by atoms with Crippen LogP contribution in [0.1, 0.15) is 49.4 Å². The minimum Gasteiger partial charge on any atom is -0.493 e. The Bertz CT molecular complexity index is 746. The van der Waals surface area contributed by atoms with Gasteiger partial charge in [0.25, 0.3) is 5.91 Å². The average Bonchev–Trinajstić information content (AvgIpc) is 3.00. The number of methoxy groups -OCH3 is 1. The third-order valence-electron chi connectivity index (χ3n) is 6.48. The molecule has 0 aromatic heterocycles. The van der Waals surface area contributed by atoms with E-state index in [4.69, 9.17) is 9.47 Å². The first-order valence-electron chi connectivity index (χ1n) is 10.7. The van der Waals surface area contributed by atoms with Crippen molar-refractivity contribution in [1.29, 1.82) is 0 Å². The lowest BCUT2D eigenvalue weighted by atomic mass is 10.1. The van der Waals surface area contributed by atoms with Crippen LogP contribution in [0.15, 0.2) is 18.2 Å². The number of nitrogens with zero attached hydrogens (tertiary/aromatic N) is 2. The quantitative estimate of drug-likeness (QED) is 0.836. The molecule has 1 aromatic carbocycles. The summed E-state index contributed by atoms with van der Waals surface area (Å²) in [5.74, 6) is 1.44. The number of benzene rings is 1. The molecule has 3 heterocycles. The number of carbonyl (C=O) groups excluding carboxylic acids is 2. The SMILES string of the molecule is COc1cc(C(=O)N2[C@H]3CCNC[C@@H]2CC3)ccc1OC1CCN(C(C)=O)CC1. The van der Waals surface area contributed by atoms with Crippen LogP contribution >= 0.6 is 0 Å². The zero-order valence-corrected chi connectivity index (χ0v) is 17.4. The molecule has 3 saturated heterocycles. The van der Waals surface area contributed by atoms with Gasteiger partial charge in [0.05, 0.1) is 7.11 Å². The standard InChI is InChI=1S/C22H31N3O4/c1-15(26)24-11-8-19(9-12-24)29-20-6-3-16(13-21(20)28-2)22(27)25-17-4-5-18(25)14-23-10-7-17/h3,6,13,17-19,23H,4-5,7-12,14H2,1-2H3/t17-,18+/m1/s1. The van der Waals surface area contributed by atoms with E-state index in [1.165, 1.54) is 0 Å². The maximum Gasteiger partial charge on any atom is 0.254 e. The summed E-state index contributed by atoms with van der Waals surface area (Å²) in [5.41, 5.74) is 0.652. The minimum atomic E-state index is 0.0496. The van der Waals surface area contributed by atoms with Gasteiger partial charge in [-0.15, -0.1) is 0 Å². The van der Waals surface area contributed by atoms with Crippen LogP contribution in [0.2, 0.25) is 0 Å². The first-order valence-corrected chi connectivity index (χ1v) is 10.7. The topological polar surface area (TPSA) is 71.1 Å². The summed E-state index contributed by atoms with van der Waals surface area (Å²) in [4.78, 5) is 28.7. The van der Waals surface area contributed by atoms with E-state index >= 15 is 0 Å². The lowest BCUT2D eigenvalue weighted by Gasteiger charge is -2.32. The minimum absolute atomic E-state index is 0.0496. The van der Waals surface area contributed by atoms with Crippen molar-refractivity contribution in [3.63, 3.8) is 0 Å². The number of carbonyl (C=O) groups is 2. The highest BCUT2D eigenvalue weighted by molar-refractivity contribution is 5.95. The van der Waals surface area contributed by atoms with Crippen LogP contribution in [0.25, 0.3) is 0 Å². The maximum atomic E-state index is 13.2. The summed E-state index contributed by atoms with van der Waals surface area (Å²) in [6.07, 6.45) is 4.82. The molecule has 7 heteroatoms. The van der Waals surface area contributed by atoms with Gasteiger partial charge in [-0.25, -0.2) is 0 Å². The van der Waals surface area contributed by atoms with Gasteiger partial charge in [0, 0.05) is 57.0 Å². The van der Waals surface area contributed by atoms with Gasteiger partial charge in [-0.2, -0.15) is 0 Å². The Hall–Kier alpha value is -2.28. The van der Waals surface area contributed by atoms with Crippen LogP contribution in [0.5, 0.6) is 11.5 Å². The molecule has 1 aromatic rings. The molecule has 7 nitrogen and oxygen atoms in total. The molecular weight excluding hydrogens is 370 g/mol. The largest absolute Gasteiger partial charge is 0.493 e. The predicted molar refractivity (Wildman–Crippen MR) is 109 cm³/mol. The van der Waals surface area contributed by atoms with Gasteiger partial charge in [-0.1, -0.05) is 0 Å². The Kier molecular flexibility index (Phi) is 5.94. The van der Waals surface area contributed by atoms with E-state index in [-0.39, 0.29) is 24.0 Å². The molecule has 0 radical (unpaired) electrons. The lowest BCUT2D eigenvalue weighted by molar-refractivity contribution is -0.130. The van der Waals surface area contributed by atoms with E-state index < -0.39 is 0 Å². The van der Waals surface area contributed by atoms with Gasteiger partial charge in [0.2, 0.25) is 5.91 Å². The van der Waals surface area contributed by atoms with Gasteiger partial charge < -0.3 is 24.6 Å². The van der Waals surface area contributed by atoms with E-state index in [2.05, 4.69) is 10.2 Å². The van der Waals surface area contributed by atoms with E-state index in [1.807, 2.05) is 17.0 Å². The molecule has 0 unspecified atom stereocenters. The Morgan fingerprint density at radius 1 is 1.03 bits per heavy atom. The number of amides is 2. The molecular formula is C22H31N3O4. The number of hydrogen-bond acceptors (Lipinski definition) is 5. The summed E-state index contributed by atoms with van der Waals surface area (Å²) < 4.78 is 11.7. The number of hydrogen-bond donors (Lipinski definition) is 1. The normalized spacial score (nSPS) is 24.9. The summed E-state index contributed by atoms with van der Waals surface area (Å²) in [7, 11) is 1.61. The third-order valence-corrected chi connectivity index (χ3v) is 6.48. The predicted octanol–water partition coefficient (Wildman–Crippen LogP) is 2.05. The summed E-state index contributed by atoms with van der Waals surface area (Å²) in [6, 6.07) is 6.11. The van der Waals surface area contributed by atoms with Crippen LogP contribution in [-0.2, 0) is 4.79 Å². The smallest absolute Gasteiger partial charge is 0.254 e. The van der Waals surface area contributed by atoms with Gasteiger partial charge >= 0.3 is 0 Å². The molecule has 2 amide bonds. The molecule has 3 aliphatic heterocycles. The van der Waals surface area contributed by atoms with Crippen LogP contribution in [0.4, 0.5) is 0 Å². The Labute approximate surface area is 172 Å². The van der Waals surface area contributed by atoms with E-state index in [0.717, 1.165) is 45.2 Å². The number of rotatable bonds is 4. The first kappa shape index (κ1) is 20.0. The van der Waals surface area contributed by atoms with Gasteiger partial charge in [-0.05, 0) is 44.0 Å². The second-order valence-corrected chi connectivity index (χ2v) is 8.28. The van der Waals surface area contributed by atoms with E-state index in [0.29, 0.717) is 36.2 Å². The number of piperidine rings is 1. The highest BCUT2D eigenvalue weighted by Crippen LogP contribution is 2.34. The molecule has 4 rings (SSSR count). The number of nitrogens with one attached hydrogen (secondary N) is 1. The molecule has 2 bridgehead atoms. The van der Waals surface area contributed by atoms with Crippen molar-refractivity contribution in [2.24, 2.45) is 0 Å². The van der Waals surface area contributed by atoms with Crippen molar-refractivity contribution < 1.29 is 19.1 Å². The van der Waals surface area contributed by atoms with Crippen molar-refractivity contribution in [1.82, 2.24) is 15.1 Å². The Morgan fingerprint density at radius 3 is 2.52 bits per heavy atom. The number of ether oxygens (including phenoxy) is 2. The second-order valence-electron chi connectivity index (χ2n) is 8.28. The van der Waals surface area contributed by atoms with Crippen molar-refractivity contribution in [3.05, 3.63) is 23.8 Å². The molecule has 29 heavy (non-hydrogen) atoms.